The zero-order valence-corrected chi connectivity index (χ0v) is 18.6. The second-order valence-electron chi connectivity index (χ2n) is 7.50. The predicted octanol–water partition coefficient (Wildman–Crippen LogP) is 3.59. The van der Waals surface area contributed by atoms with Crippen molar-refractivity contribution in [3.05, 3.63) is 66.0 Å². The van der Waals surface area contributed by atoms with Crippen LogP contribution < -0.4 is 10.2 Å². The summed E-state index contributed by atoms with van der Waals surface area (Å²) in [5, 5.41) is 11.9. The molecular weight excluding hydrogens is 410 g/mol. The van der Waals surface area contributed by atoms with Crippen molar-refractivity contribution >= 4 is 29.0 Å². The smallest absolute Gasteiger partial charge is 0.237 e. The quantitative estimate of drug-likeness (QED) is 0.570. The lowest BCUT2D eigenvalue weighted by molar-refractivity contribution is -0.115. The highest BCUT2D eigenvalue weighted by Crippen LogP contribution is 2.25. The van der Waals surface area contributed by atoms with Gasteiger partial charge in [0.1, 0.15) is 5.82 Å². The Morgan fingerprint density at radius 2 is 1.81 bits per heavy atom. The lowest BCUT2D eigenvalue weighted by Crippen LogP contribution is -2.36. The number of thioether (sulfide) groups is 1. The number of ether oxygens (including phenoxy) is 1. The summed E-state index contributed by atoms with van der Waals surface area (Å²) in [6.07, 6.45) is 0. The van der Waals surface area contributed by atoms with Gasteiger partial charge in [0, 0.05) is 24.5 Å². The monoisotopic (exact) mass is 437 g/mol. The second kappa shape index (κ2) is 9.98. The van der Waals surface area contributed by atoms with Crippen molar-refractivity contribution in [2.75, 3.05) is 36.5 Å². The Kier molecular flexibility index (Phi) is 6.89. The first-order chi connectivity index (χ1) is 15.1. The predicted molar refractivity (Wildman–Crippen MR) is 124 cm³/mol. The minimum Gasteiger partial charge on any atom is -0.378 e. The molecule has 1 aromatic heterocycles. The van der Waals surface area contributed by atoms with Gasteiger partial charge < -0.3 is 19.5 Å². The molecule has 3 aromatic rings. The number of hydrogen-bond acceptors (Lipinski definition) is 6. The molecule has 1 atom stereocenters. The number of nitrogens with zero attached hydrogens (tertiary/aromatic N) is 4. The van der Waals surface area contributed by atoms with Crippen LogP contribution in [0.2, 0.25) is 0 Å². The molecule has 0 spiro atoms. The number of carbonyl (C=O) groups is 1. The van der Waals surface area contributed by atoms with Crippen LogP contribution in [0.5, 0.6) is 0 Å². The van der Waals surface area contributed by atoms with Gasteiger partial charge in [-0.25, -0.2) is 0 Å². The maximum Gasteiger partial charge on any atom is 0.237 e. The lowest BCUT2D eigenvalue weighted by Gasteiger charge is -2.28. The van der Waals surface area contributed by atoms with Crippen LogP contribution in [0, 0.1) is 6.92 Å². The van der Waals surface area contributed by atoms with Crippen LogP contribution in [-0.4, -0.2) is 52.2 Å². The molecule has 1 aliphatic heterocycles. The van der Waals surface area contributed by atoms with E-state index in [9.17, 15) is 4.79 Å². The number of anilines is 2. The molecule has 1 saturated heterocycles. The zero-order chi connectivity index (χ0) is 21.6. The number of hydrogen-bond donors (Lipinski definition) is 1. The number of benzene rings is 2. The van der Waals surface area contributed by atoms with E-state index >= 15 is 0 Å². The van der Waals surface area contributed by atoms with Crippen LogP contribution in [0.4, 0.5) is 11.4 Å². The number of rotatable bonds is 7. The van der Waals surface area contributed by atoms with E-state index in [0.29, 0.717) is 6.54 Å². The van der Waals surface area contributed by atoms with Crippen LogP contribution in [0.15, 0.2) is 59.8 Å². The van der Waals surface area contributed by atoms with Crippen LogP contribution in [-0.2, 0) is 16.1 Å². The van der Waals surface area contributed by atoms with Crippen molar-refractivity contribution in [3.8, 4) is 0 Å². The summed E-state index contributed by atoms with van der Waals surface area (Å²) in [6, 6.07) is 18.2. The van der Waals surface area contributed by atoms with Gasteiger partial charge in [0.05, 0.1) is 25.0 Å². The zero-order valence-electron chi connectivity index (χ0n) is 17.8. The van der Waals surface area contributed by atoms with E-state index < -0.39 is 0 Å². The molecule has 8 heteroatoms. The van der Waals surface area contributed by atoms with Crippen LogP contribution in [0.25, 0.3) is 0 Å². The lowest BCUT2D eigenvalue weighted by atomic mass is 10.2. The average molecular weight is 438 g/mol. The highest BCUT2D eigenvalue weighted by Gasteiger charge is 2.20. The molecule has 0 radical (unpaired) electrons. The molecule has 1 amide bonds. The summed E-state index contributed by atoms with van der Waals surface area (Å²) in [6.45, 7) is 7.78. The van der Waals surface area contributed by atoms with Crippen molar-refractivity contribution < 1.29 is 9.53 Å². The van der Waals surface area contributed by atoms with E-state index in [-0.39, 0.29) is 11.2 Å². The molecule has 31 heavy (non-hydrogen) atoms. The van der Waals surface area contributed by atoms with Crippen LogP contribution >= 0.6 is 11.8 Å². The Morgan fingerprint density at radius 3 is 2.52 bits per heavy atom. The standard InChI is InChI=1S/C23H27N5O2S/c1-17(31-23-26-25-18(2)28(23)16-19-6-4-3-5-7-19)22(29)24-20-8-10-21(11-9-20)27-12-14-30-15-13-27/h3-11,17H,12-16H2,1-2H3,(H,24,29). The Bertz CT molecular complexity index is 1000. The molecule has 0 saturated carbocycles. The minimum atomic E-state index is -0.308. The Morgan fingerprint density at radius 1 is 1.10 bits per heavy atom. The molecule has 2 aromatic carbocycles. The van der Waals surface area contributed by atoms with Gasteiger partial charge in [0.25, 0.3) is 0 Å². The molecule has 1 fully saturated rings. The Balaban J connectivity index is 1.37. The van der Waals surface area contributed by atoms with Gasteiger partial charge in [0.15, 0.2) is 5.16 Å². The Hall–Kier alpha value is -2.84. The van der Waals surface area contributed by atoms with E-state index in [1.165, 1.54) is 17.3 Å². The Labute approximate surface area is 186 Å². The summed E-state index contributed by atoms with van der Waals surface area (Å²) >= 11 is 1.42. The van der Waals surface area contributed by atoms with Gasteiger partial charge in [-0.1, -0.05) is 42.1 Å². The normalized spacial score (nSPS) is 15.0. The van der Waals surface area contributed by atoms with E-state index in [0.717, 1.165) is 48.7 Å². The summed E-state index contributed by atoms with van der Waals surface area (Å²) in [7, 11) is 0. The molecule has 1 aliphatic rings. The van der Waals surface area contributed by atoms with Gasteiger partial charge >= 0.3 is 0 Å². The topological polar surface area (TPSA) is 72.3 Å². The van der Waals surface area contributed by atoms with E-state index in [1.807, 2.05) is 60.9 Å². The largest absolute Gasteiger partial charge is 0.378 e. The first-order valence-corrected chi connectivity index (χ1v) is 11.3. The fraction of sp³-hybridized carbons (Fsp3) is 0.348. The molecule has 0 aliphatic carbocycles. The number of morpholine rings is 1. The molecule has 4 rings (SSSR count). The van der Waals surface area contributed by atoms with Crippen molar-refractivity contribution in [1.29, 1.82) is 0 Å². The summed E-state index contributed by atoms with van der Waals surface area (Å²) in [5.74, 6) is 0.772. The molecule has 1 N–H and O–H groups in total. The highest BCUT2D eigenvalue weighted by atomic mass is 32.2. The highest BCUT2D eigenvalue weighted by molar-refractivity contribution is 8.00. The van der Waals surface area contributed by atoms with Crippen molar-refractivity contribution in [2.45, 2.75) is 30.8 Å². The molecule has 1 unspecified atom stereocenters. The fourth-order valence-corrected chi connectivity index (χ4v) is 4.32. The summed E-state index contributed by atoms with van der Waals surface area (Å²) < 4.78 is 7.45. The van der Waals surface area contributed by atoms with Crippen molar-refractivity contribution in [2.24, 2.45) is 0 Å². The number of nitrogens with one attached hydrogen (secondary N) is 1. The van der Waals surface area contributed by atoms with Gasteiger partial charge in [-0.15, -0.1) is 10.2 Å². The third-order valence-electron chi connectivity index (χ3n) is 5.25. The summed E-state index contributed by atoms with van der Waals surface area (Å²) in [4.78, 5) is 15.1. The fourth-order valence-electron chi connectivity index (χ4n) is 3.43. The maximum atomic E-state index is 12.8. The van der Waals surface area contributed by atoms with Crippen molar-refractivity contribution in [1.82, 2.24) is 14.8 Å². The van der Waals surface area contributed by atoms with Gasteiger partial charge in [0.2, 0.25) is 5.91 Å². The maximum absolute atomic E-state index is 12.8. The third-order valence-corrected chi connectivity index (χ3v) is 6.33. The number of aromatic nitrogens is 3. The summed E-state index contributed by atoms with van der Waals surface area (Å²) in [5.41, 5.74) is 3.11. The first kappa shape index (κ1) is 21.4. The van der Waals surface area contributed by atoms with E-state index in [1.54, 1.807) is 0 Å². The number of carbonyl (C=O) groups excluding carboxylic acids is 1. The SMILES string of the molecule is Cc1nnc(SC(C)C(=O)Nc2ccc(N3CCOCC3)cc2)n1Cc1ccccc1. The van der Waals surface area contributed by atoms with E-state index in [2.05, 4.69) is 32.5 Å². The number of amides is 1. The molecule has 0 bridgehead atoms. The van der Waals surface area contributed by atoms with Crippen LogP contribution in [0.1, 0.15) is 18.3 Å². The van der Waals surface area contributed by atoms with Crippen LogP contribution in [0.3, 0.4) is 0 Å². The van der Waals surface area contributed by atoms with Gasteiger partial charge in [-0.2, -0.15) is 0 Å². The third kappa shape index (κ3) is 5.45. The average Bonchev–Trinajstić information content (AvgIpc) is 3.14. The molecule has 162 valence electrons. The minimum absolute atomic E-state index is 0.0592. The van der Waals surface area contributed by atoms with E-state index in [4.69, 9.17) is 4.74 Å². The number of aryl methyl sites for hydroxylation is 1. The van der Waals surface area contributed by atoms with Gasteiger partial charge in [-0.05, 0) is 43.7 Å². The van der Waals surface area contributed by atoms with Crippen molar-refractivity contribution in [3.63, 3.8) is 0 Å². The second-order valence-corrected chi connectivity index (χ2v) is 8.81. The first-order valence-electron chi connectivity index (χ1n) is 10.4. The molecule has 2 heterocycles. The molecular formula is C23H27N5O2S. The molecule has 7 nitrogen and oxygen atoms in total. The van der Waals surface area contributed by atoms with Gasteiger partial charge in [-0.3, -0.25) is 4.79 Å².